The van der Waals surface area contributed by atoms with Gasteiger partial charge in [0.25, 0.3) is 0 Å². The highest BCUT2D eigenvalue weighted by Crippen LogP contribution is 2.20. The summed E-state index contributed by atoms with van der Waals surface area (Å²) in [5, 5.41) is 0. The molecule has 0 aliphatic carbocycles. The minimum atomic E-state index is 1.00. The minimum absolute atomic E-state index is 1.00. The van der Waals surface area contributed by atoms with Gasteiger partial charge in [0.05, 0.1) is 5.69 Å². The van der Waals surface area contributed by atoms with E-state index in [1.54, 1.807) is 0 Å². The Hall–Kier alpha value is -1.89. The summed E-state index contributed by atoms with van der Waals surface area (Å²) in [6, 6.07) is 14.2. The molecule has 0 aliphatic rings. The Kier molecular flexibility index (Phi) is 2.64. The van der Waals surface area contributed by atoms with Gasteiger partial charge in [0.2, 0.25) is 0 Å². The lowest BCUT2D eigenvalue weighted by molar-refractivity contribution is 1.32. The molecular formula is C14H13N. The molecule has 0 fully saturated rings. The van der Waals surface area contributed by atoms with Crippen LogP contribution in [-0.2, 0) is 0 Å². The van der Waals surface area contributed by atoms with Crippen LogP contribution in [0.3, 0.4) is 0 Å². The van der Waals surface area contributed by atoms with Gasteiger partial charge in [-0.15, -0.1) is 0 Å². The van der Waals surface area contributed by atoms with E-state index >= 15 is 0 Å². The number of pyridine rings is 1. The van der Waals surface area contributed by atoms with E-state index < -0.39 is 0 Å². The Morgan fingerprint density at radius 3 is 2.67 bits per heavy atom. The first-order valence-electron chi connectivity index (χ1n) is 4.95. The Morgan fingerprint density at radius 2 is 2.00 bits per heavy atom. The topological polar surface area (TPSA) is 12.9 Å². The molecule has 0 N–H and O–H groups in total. The van der Waals surface area contributed by atoms with Crippen molar-refractivity contribution < 1.29 is 0 Å². The number of benzene rings is 1. The third-order valence-electron chi connectivity index (χ3n) is 2.32. The molecular weight excluding hydrogens is 182 g/mol. The fraction of sp³-hybridized carbons (Fsp3) is 0.0714. The summed E-state index contributed by atoms with van der Waals surface area (Å²) in [5.41, 5.74) is 4.38. The highest BCUT2D eigenvalue weighted by atomic mass is 14.7. The lowest BCUT2D eigenvalue weighted by Gasteiger charge is -2.03. The molecule has 0 saturated heterocycles. The average Bonchev–Trinajstić information content (AvgIpc) is 2.30. The summed E-state index contributed by atoms with van der Waals surface area (Å²) in [5.74, 6) is 0. The number of aromatic nitrogens is 1. The van der Waals surface area contributed by atoms with Gasteiger partial charge in [0.1, 0.15) is 0 Å². The van der Waals surface area contributed by atoms with Crippen LogP contribution in [0.5, 0.6) is 0 Å². The van der Waals surface area contributed by atoms with Crippen LogP contribution in [0, 0.1) is 0 Å². The van der Waals surface area contributed by atoms with E-state index in [9.17, 15) is 0 Å². The molecule has 15 heavy (non-hydrogen) atoms. The standard InChI is InChI=1S/C14H13N/c1-11(2)12-6-5-7-13(10-12)14-8-3-4-9-15-14/h3-10H,1H2,2H3. The molecule has 0 amide bonds. The SMILES string of the molecule is C=C(C)c1cccc(-c2ccccn2)c1. The van der Waals surface area contributed by atoms with E-state index in [0.29, 0.717) is 0 Å². The van der Waals surface area contributed by atoms with Gasteiger partial charge >= 0.3 is 0 Å². The molecule has 1 heteroatoms. The number of nitrogens with zero attached hydrogens (tertiary/aromatic N) is 1. The van der Waals surface area contributed by atoms with Crippen molar-refractivity contribution in [3.8, 4) is 11.3 Å². The van der Waals surface area contributed by atoms with Gasteiger partial charge in [0, 0.05) is 11.8 Å². The number of hydrogen-bond donors (Lipinski definition) is 0. The largest absolute Gasteiger partial charge is 0.256 e. The molecule has 1 aromatic heterocycles. The van der Waals surface area contributed by atoms with Crippen LogP contribution in [0.15, 0.2) is 55.2 Å². The summed E-state index contributed by atoms with van der Waals surface area (Å²) < 4.78 is 0. The quantitative estimate of drug-likeness (QED) is 0.710. The van der Waals surface area contributed by atoms with E-state index in [1.807, 2.05) is 37.4 Å². The van der Waals surface area contributed by atoms with Gasteiger partial charge in [-0.05, 0) is 30.7 Å². The molecule has 0 bridgehead atoms. The normalized spacial score (nSPS) is 9.93. The highest BCUT2D eigenvalue weighted by molar-refractivity contribution is 5.68. The second-order valence-electron chi connectivity index (χ2n) is 3.58. The Morgan fingerprint density at radius 1 is 1.13 bits per heavy atom. The molecule has 2 rings (SSSR count). The van der Waals surface area contributed by atoms with Crippen molar-refractivity contribution in [3.05, 3.63) is 60.8 Å². The van der Waals surface area contributed by atoms with Crippen molar-refractivity contribution in [1.82, 2.24) is 4.98 Å². The Labute approximate surface area is 90.1 Å². The predicted molar refractivity (Wildman–Crippen MR) is 64.4 cm³/mol. The van der Waals surface area contributed by atoms with Gasteiger partial charge in [-0.25, -0.2) is 0 Å². The highest BCUT2D eigenvalue weighted by Gasteiger charge is 1.99. The summed E-state index contributed by atoms with van der Waals surface area (Å²) >= 11 is 0. The zero-order valence-corrected chi connectivity index (χ0v) is 8.77. The first kappa shape index (κ1) is 9.66. The van der Waals surface area contributed by atoms with Crippen LogP contribution in [0.1, 0.15) is 12.5 Å². The van der Waals surface area contributed by atoms with E-state index in [-0.39, 0.29) is 0 Å². The zero-order chi connectivity index (χ0) is 10.7. The Bertz CT molecular complexity index is 472. The monoisotopic (exact) mass is 195 g/mol. The molecule has 1 aromatic carbocycles. The third-order valence-corrected chi connectivity index (χ3v) is 2.32. The Balaban J connectivity index is 2.46. The molecule has 0 atom stereocenters. The van der Waals surface area contributed by atoms with Crippen molar-refractivity contribution in [2.45, 2.75) is 6.92 Å². The fourth-order valence-corrected chi connectivity index (χ4v) is 1.48. The summed E-state index contributed by atoms with van der Waals surface area (Å²) in [4.78, 5) is 4.32. The maximum absolute atomic E-state index is 4.32. The maximum Gasteiger partial charge on any atom is 0.0702 e. The fourth-order valence-electron chi connectivity index (χ4n) is 1.48. The molecule has 1 heterocycles. The molecule has 0 unspecified atom stereocenters. The van der Waals surface area contributed by atoms with Crippen molar-refractivity contribution in [2.24, 2.45) is 0 Å². The van der Waals surface area contributed by atoms with Gasteiger partial charge in [-0.1, -0.05) is 36.4 Å². The molecule has 2 aromatic rings. The first-order chi connectivity index (χ1) is 7.27. The zero-order valence-electron chi connectivity index (χ0n) is 8.77. The van der Waals surface area contributed by atoms with Crippen molar-refractivity contribution >= 4 is 5.57 Å². The lowest BCUT2D eigenvalue weighted by Crippen LogP contribution is -1.84. The van der Waals surface area contributed by atoms with Crippen LogP contribution < -0.4 is 0 Å². The number of allylic oxidation sites excluding steroid dienone is 1. The number of hydrogen-bond acceptors (Lipinski definition) is 1. The smallest absolute Gasteiger partial charge is 0.0702 e. The molecule has 0 aliphatic heterocycles. The predicted octanol–water partition coefficient (Wildman–Crippen LogP) is 3.78. The van der Waals surface area contributed by atoms with E-state index in [2.05, 4.69) is 29.8 Å². The van der Waals surface area contributed by atoms with Gasteiger partial charge in [-0.3, -0.25) is 4.98 Å². The average molecular weight is 195 g/mol. The molecule has 1 nitrogen and oxygen atoms in total. The van der Waals surface area contributed by atoms with E-state index in [4.69, 9.17) is 0 Å². The van der Waals surface area contributed by atoms with Crippen LogP contribution in [0.25, 0.3) is 16.8 Å². The van der Waals surface area contributed by atoms with Gasteiger partial charge in [-0.2, -0.15) is 0 Å². The summed E-state index contributed by atoms with van der Waals surface area (Å²) in [6.07, 6.45) is 1.81. The minimum Gasteiger partial charge on any atom is -0.256 e. The molecule has 74 valence electrons. The van der Waals surface area contributed by atoms with Crippen LogP contribution in [0.2, 0.25) is 0 Å². The van der Waals surface area contributed by atoms with Crippen molar-refractivity contribution in [2.75, 3.05) is 0 Å². The lowest BCUT2D eigenvalue weighted by atomic mass is 10.0. The summed E-state index contributed by atoms with van der Waals surface area (Å²) in [7, 11) is 0. The third kappa shape index (κ3) is 2.13. The van der Waals surface area contributed by atoms with Crippen LogP contribution >= 0.6 is 0 Å². The van der Waals surface area contributed by atoms with E-state index in [1.165, 1.54) is 0 Å². The van der Waals surface area contributed by atoms with E-state index in [0.717, 1.165) is 22.4 Å². The maximum atomic E-state index is 4.32. The second-order valence-corrected chi connectivity index (χ2v) is 3.58. The van der Waals surface area contributed by atoms with Gasteiger partial charge in [0.15, 0.2) is 0 Å². The van der Waals surface area contributed by atoms with Gasteiger partial charge < -0.3 is 0 Å². The molecule has 0 saturated carbocycles. The van der Waals surface area contributed by atoms with Crippen LogP contribution in [-0.4, -0.2) is 4.98 Å². The first-order valence-corrected chi connectivity index (χ1v) is 4.95. The number of rotatable bonds is 2. The van der Waals surface area contributed by atoms with Crippen LogP contribution in [0.4, 0.5) is 0 Å². The van der Waals surface area contributed by atoms with Crippen molar-refractivity contribution in [3.63, 3.8) is 0 Å². The summed E-state index contributed by atoms with van der Waals surface area (Å²) in [6.45, 7) is 5.95. The molecule has 0 radical (unpaired) electrons. The second kappa shape index (κ2) is 4.09. The van der Waals surface area contributed by atoms with Crippen molar-refractivity contribution in [1.29, 1.82) is 0 Å². The molecule has 0 spiro atoms.